The maximum Gasteiger partial charge on any atom is 0.174 e. The van der Waals surface area contributed by atoms with Gasteiger partial charge in [0, 0.05) is 37.0 Å². The molecule has 4 aliphatic carbocycles. The molecule has 2 spiro atoms. The second-order valence-corrected chi connectivity index (χ2v) is 10.9. The molecule has 4 saturated carbocycles. The normalized spacial score (nSPS) is 51.3. The first-order valence-electron chi connectivity index (χ1n) is 11.5. The number of hydrogen-bond donors (Lipinski definition) is 0. The van der Waals surface area contributed by atoms with Crippen molar-refractivity contribution in [3.63, 3.8) is 0 Å². The van der Waals surface area contributed by atoms with Crippen LogP contribution in [0, 0.1) is 34.5 Å². The third kappa shape index (κ3) is 2.15. The molecule has 0 bridgehead atoms. The summed E-state index contributed by atoms with van der Waals surface area (Å²) in [5, 5.41) is 0. The molecule has 6 atom stereocenters. The second kappa shape index (κ2) is 5.81. The highest BCUT2D eigenvalue weighted by Crippen LogP contribution is 2.69. The van der Waals surface area contributed by atoms with Crippen molar-refractivity contribution in [2.24, 2.45) is 34.5 Å². The molecule has 28 heavy (non-hydrogen) atoms. The second-order valence-electron chi connectivity index (χ2n) is 10.9. The highest BCUT2D eigenvalue weighted by atomic mass is 16.7. The van der Waals surface area contributed by atoms with Crippen LogP contribution in [-0.2, 0) is 23.7 Å². The number of hydrogen-bond acceptors (Lipinski definition) is 5. The topological polar surface area (TPSA) is 54.0 Å². The van der Waals surface area contributed by atoms with E-state index in [4.69, 9.17) is 18.9 Å². The summed E-state index contributed by atoms with van der Waals surface area (Å²) in [5.41, 5.74) is 0.213. The summed E-state index contributed by atoms with van der Waals surface area (Å²) in [6, 6.07) is 0. The Bertz CT molecular complexity index is 678. The maximum absolute atomic E-state index is 13.6. The first-order chi connectivity index (χ1) is 13.4. The van der Waals surface area contributed by atoms with E-state index in [0.717, 1.165) is 44.9 Å². The Morgan fingerprint density at radius 1 is 0.821 bits per heavy atom. The van der Waals surface area contributed by atoms with Crippen LogP contribution in [0.25, 0.3) is 0 Å². The molecule has 0 unspecified atom stereocenters. The summed E-state index contributed by atoms with van der Waals surface area (Å²) in [7, 11) is 0. The zero-order valence-electron chi connectivity index (χ0n) is 17.3. The fourth-order valence-corrected chi connectivity index (χ4v) is 8.52. The standard InChI is InChI=1S/C23H34O5/c1-20-7-8-22(25-9-10-26-22)14-15(20)13-18(24)19-16(20)3-5-21(2)17(19)4-6-23(21)27-11-12-28-23/h15-17,19H,3-14H2,1-2H3/t15-,16-,17-,19+,20-,21-/m1/s1. The van der Waals surface area contributed by atoms with Crippen molar-refractivity contribution in [1.29, 1.82) is 0 Å². The zero-order chi connectivity index (χ0) is 19.2. The summed E-state index contributed by atoms with van der Waals surface area (Å²) in [5.74, 6) is 1.15. The molecule has 6 fully saturated rings. The molecule has 0 aromatic rings. The van der Waals surface area contributed by atoms with Gasteiger partial charge in [0.25, 0.3) is 0 Å². The average Bonchev–Trinajstić information content (AvgIpc) is 3.39. The number of ketones is 1. The van der Waals surface area contributed by atoms with Crippen LogP contribution in [0.1, 0.15) is 65.2 Å². The number of carbonyl (C=O) groups excluding carboxylic acids is 1. The van der Waals surface area contributed by atoms with E-state index in [1.54, 1.807) is 0 Å². The number of fused-ring (bicyclic) bond motifs is 6. The van der Waals surface area contributed by atoms with Gasteiger partial charge in [0.15, 0.2) is 11.6 Å². The van der Waals surface area contributed by atoms with Gasteiger partial charge in [-0.2, -0.15) is 0 Å². The summed E-state index contributed by atoms with van der Waals surface area (Å²) in [4.78, 5) is 13.6. The Labute approximate surface area is 167 Å². The Morgan fingerprint density at radius 3 is 2.25 bits per heavy atom. The molecule has 2 saturated heterocycles. The van der Waals surface area contributed by atoms with Crippen LogP contribution in [0.4, 0.5) is 0 Å². The molecule has 0 N–H and O–H groups in total. The van der Waals surface area contributed by atoms with Crippen LogP contribution >= 0.6 is 0 Å². The molecule has 6 aliphatic rings. The van der Waals surface area contributed by atoms with Gasteiger partial charge in [-0.3, -0.25) is 4.79 Å². The molecular weight excluding hydrogens is 356 g/mol. The lowest BCUT2D eigenvalue weighted by atomic mass is 9.44. The van der Waals surface area contributed by atoms with Crippen LogP contribution in [0.2, 0.25) is 0 Å². The van der Waals surface area contributed by atoms with E-state index < -0.39 is 11.6 Å². The summed E-state index contributed by atoms with van der Waals surface area (Å²) < 4.78 is 24.5. The highest BCUT2D eigenvalue weighted by molar-refractivity contribution is 5.83. The van der Waals surface area contributed by atoms with Crippen LogP contribution in [0.3, 0.4) is 0 Å². The Kier molecular flexibility index (Phi) is 3.79. The van der Waals surface area contributed by atoms with Gasteiger partial charge in [0.1, 0.15) is 5.78 Å². The molecule has 0 aromatic carbocycles. The highest BCUT2D eigenvalue weighted by Gasteiger charge is 2.69. The number of ether oxygens (including phenoxy) is 4. The molecule has 6 rings (SSSR count). The van der Waals surface area contributed by atoms with Crippen molar-refractivity contribution < 1.29 is 23.7 Å². The van der Waals surface area contributed by atoms with Gasteiger partial charge < -0.3 is 18.9 Å². The summed E-state index contributed by atoms with van der Waals surface area (Å²) in [6.07, 6.45) is 7.97. The lowest BCUT2D eigenvalue weighted by molar-refractivity contribution is -0.253. The van der Waals surface area contributed by atoms with Crippen molar-refractivity contribution in [3.05, 3.63) is 0 Å². The molecule has 0 amide bonds. The number of Topliss-reactive ketones (excluding diaryl/α,β-unsaturated/α-hetero) is 1. The third-order valence-corrected chi connectivity index (χ3v) is 10.1. The predicted molar refractivity (Wildman–Crippen MR) is 101 cm³/mol. The minimum absolute atomic E-state index is 0.0168. The minimum atomic E-state index is -0.428. The van der Waals surface area contributed by atoms with Crippen LogP contribution < -0.4 is 0 Å². The zero-order valence-corrected chi connectivity index (χ0v) is 17.3. The van der Waals surface area contributed by atoms with Gasteiger partial charge in [-0.25, -0.2) is 0 Å². The van der Waals surface area contributed by atoms with Gasteiger partial charge in [0.05, 0.1) is 26.4 Å². The van der Waals surface area contributed by atoms with Crippen LogP contribution in [-0.4, -0.2) is 43.8 Å². The first kappa shape index (κ1) is 18.3. The summed E-state index contributed by atoms with van der Waals surface area (Å²) >= 11 is 0. The van der Waals surface area contributed by atoms with Crippen molar-refractivity contribution in [1.82, 2.24) is 0 Å². The van der Waals surface area contributed by atoms with Crippen LogP contribution in [0.5, 0.6) is 0 Å². The number of rotatable bonds is 0. The molecule has 2 aliphatic heterocycles. The Hall–Kier alpha value is -0.490. The molecule has 0 aromatic heterocycles. The molecule has 5 heteroatoms. The minimum Gasteiger partial charge on any atom is -0.348 e. The molecule has 156 valence electrons. The van der Waals surface area contributed by atoms with E-state index in [9.17, 15) is 4.79 Å². The van der Waals surface area contributed by atoms with E-state index in [1.165, 1.54) is 0 Å². The quantitative estimate of drug-likeness (QED) is 0.631. The van der Waals surface area contributed by atoms with Gasteiger partial charge in [-0.05, 0) is 48.9 Å². The van der Waals surface area contributed by atoms with Gasteiger partial charge in [-0.1, -0.05) is 13.8 Å². The van der Waals surface area contributed by atoms with Gasteiger partial charge in [0.2, 0.25) is 0 Å². The van der Waals surface area contributed by atoms with E-state index >= 15 is 0 Å². The first-order valence-corrected chi connectivity index (χ1v) is 11.5. The van der Waals surface area contributed by atoms with E-state index in [1.807, 2.05) is 0 Å². The average molecular weight is 391 g/mol. The smallest absolute Gasteiger partial charge is 0.174 e. The molecule has 5 nitrogen and oxygen atoms in total. The van der Waals surface area contributed by atoms with Crippen LogP contribution in [0.15, 0.2) is 0 Å². The summed E-state index contributed by atoms with van der Waals surface area (Å²) in [6.45, 7) is 7.62. The Balaban J connectivity index is 1.32. The van der Waals surface area contributed by atoms with E-state index in [2.05, 4.69) is 13.8 Å². The number of carbonyl (C=O) groups is 1. The third-order valence-electron chi connectivity index (χ3n) is 10.1. The van der Waals surface area contributed by atoms with Crippen molar-refractivity contribution in [3.8, 4) is 0 Å². The van der Waals surface area contributed by atoms with Crippen molar-refractivity contribution in [2.75, 3.05) is 26.4 Å². The van der Waals surface area contributed by atoms with Gasteiger partial charge in [-0.15, -0.1) is 0 Å². The largest absolute Gasteiger partial charge is 0.348 e. The molecule has 2 heterocycles. The van der Waals surface area contributed by atoms with Gasteiger partial charge >= 0.3 is 0 Å². The lowest BCUT2D eigenvalue weighted by Gasteiger charge is -2.61. The molecule has 0 radical (unpaired) electrons. The fraction of sp³-hybridized carbons (Fsp3) is 0.957. The monoisotopic (exact) mass is 390 g/mol. The van der Waals surface area contributed by atoms with E-state index in [0.29, 0.717) is 56.4 Å². The van der Waals surface area contributed by atoms with Crippen molar-refractivity contribution in [2.45, 2.75) is 76.8 Å². The predicted octanol–water partition coefficient (Wildman–Crippen LogP) is 3.69. The maximum atomic E-state index is 13.6. The van der Waals surface area contributed by atoms with E-state index in [-0.39, 0.29) is 16.7 Å². The van der Waals surface area contributed by atoms with Crippen molar-refractivity contribution >= 4 is 5.78 Å². The SMILES string of the molecule is C[C@@]12CCC3(C[C@H]1CC(=O)[C@H]1[C@H]2CC[C@]2(C)[C@@H]1CCC21OCCO1)OCCO3. The molecular formula is C23H34O5. The Morgan fingerprint density at radius 2 is 1.50 bits per heavy atom. The lowest BCUT2D eigenvalue weighted by Crippen LogP contribution is -2.60. The fourth-order valence-electron chi connectivity index (χ4n) is 8.52.